The molecule has 122 valence electrons. The number of aromatic hydroxyl groups is 2. The summed E-state index contributed by atoms with van der Waals surface area (Å²) in [5, 5.41) is 29.3. The van der Waals surface area contributed by atoms with E-state index in [1.165, 1.54) is 13.2 Å². The summed E-state index contributed by atoms with van der Waals surface area (Å²) in [5.41, 5.74) is 0.287. The molecule has 0 saturated carbocycles. The highest BCUT2D eigenvalue weighted by Crippen LogP contribution is 2.30. The Morgan fingerprint density at radius 3 is 2.64 bits per heavy atom. The molecule has 1 heterocycles. The van der Waals surface area contributed by atoms with E-state index < -0.39 is 30.2 Å². The van der Waals surface area contributed by atoms with Crippen LogP contribution in [0.15, 0.2) is 12.1 Å². The van der Waals surface area contributed by atoms with Crippen LogP contribution in [0.2, 0.25) is 0 Å². The van der Waals surface area contributed by atoms with Crippen molar-refractivity contribution in [1.82, 2.24) is 0 Å². The summed E-state index contributed by atoms with van der Waals surface area (Å²) in [6.45, 7) is 3.34. The van der Waals surface area contributed by atoms with Crippen molar-refractivity contribution in [2.75, 3.05) is 7.11 Å². The number of carbonyl (C=O) groups is 1. The number of hydrogen-bond donors (Lipinski definition) is 3. The van der Waals surface area contributed by atoms with Gasteiger partial charge in [0, 0.05) is 19.6 Å². The zero-order valence-electron chi connectivity index (χ0n) is 12.6. The molecule has 2 rings (SSSR count). The van der Waals surface area contributed by atoms with E-state index in [4.69, 9.17) is 14.2 Å². The van der Waals surface area contributed by atoms with Crippen molar-refractivity contribution >= 4 is 5.97 Å². The number of rotatable bonds is 3. The molecule has 0 radical (unpaired) electrons. The fourth-order valence-electron chi connectivity index (χ4n) is 2.54. The van der Waals surface area contributed by atoms with Crippen LogP contribution in [0, 0.1) is 6.92 Å². The van der Waals surface area contributed by atoms with Gasteiger partial charge in [0.2, 0.25) is 0 Å². The topological polar surface area (TPSA) is 105 Å². The summed E-state index contributed by atoms with van der Waals surface area (Å²) in [7, 11) is 1.39. The van der Waals surface area contributed by atoms with Crippen LogP contribution in [-0.2, 0) is 14.2 Å². The second-order valence-corrected chi connectivity index (χ2v) is 5.38. The molecule has 1 aliphatic rings. The molecule has 0 unspecified atom stereocenters. The summed E-state index contributed by atoms with van der Waals surface area (Å²) in [6, 6.07) is 2.38. The highest BCUT2D eigenvalue weighted by molar-refractivity contribution is 5.94. The van der Waals surface area contributed by atoms with Crippen molar-refractivity contribution in [2.24, 2.45) is 0 Å². The minimum absolute atomic E-state index is 0.0709. The smallest absolute Gasteiger partial charge is 0.342 e. The molecule has 3 N–H and O–H groups in total. The van der Waals surface area contributed by atoms with Crippen molar-refractivity contribution in [3.63, 3.8) is 0 Å². The third-order valence-corrected chi connectivity index (χ3v) is 3.57. The Bertz CT molecular complexity index is 534. The fourth-order valence-corrected chi connectivity index (χ4v) is 2.54. The molecule has 0 bridgehead atoms. The van der Waals surface area contributed by atoms with Crippen molar-refractivity contribution in [2.45, 2.75) is 44.9 Å². The van der Waals surface area contributed by atoms with Crippen LogP contribution in [0.1, 0.15) is 29.3 Å². The number of phenolic OH excluding ortho intramolecular Hbond substituents is 2. The van der Waals surface area contributed by atoms with E-state index in [-0.39, 0.29) is 17.4 Å². The lowest BCUT2D eigenvalue weighted by atomic mass is 10.0. The van der Waals surface area contributed by atoms with E-state index in [9.17, 15) is 20.1 Å². The molecule has 7 nitrogen and oxygen atoms in total. The van der Waals surface area contributed by atoms with E-state index >= 15 is 0 Å². The lowest BCUT2D eigenvalue weighted by Crippen LogP contribution is -2.50. The van der Waals surface area contributed by atoms with E-state index in [1.54, 1.807) is 13.8 Å². The predicted octanol–water partition coefficient (Wildman–Crippen LogP) is 1.07. The number of aliphatic hydroxyl groups is 1. The number of carbonyl (C=O) groups excluding carboxylic acids is 1. The summed E-state index contributed by atoms with van der Waals surface area (Å²) in [5.74, 6) is -1.37. The maximum Gasteiger partial charge on any atom is 0.342 e. The molecule has 1 aliphatic heterocycles. The van der Waals surface area contributed by atoms with E-state index in [2.05, 4.69) is 0 Å². The van der Waals surface area contributed by atoms with Gasteiger partial charge in [-0.05, 0) is 25.5 Å². The lowest BCUT2D eigenvalue weighted by molar-refractivity contribution is -0.253. The molecular formula is C15H20O7. The first-order chi connectivity index (χ1) is 10.3. The summed E-state index contributed by atoms with van der Waals surface area (Å²) in [6.07, 6.45) is -2.74. The average Bonchev–Trinajstić information content (AvgIpc) is 2.40. The SMILES string of the molecule is CO[C@H]1O[C@H](C)C[C@H](O)[C@H]1OC(=O)c1c(C)cc(O)cc1O. The van der Waals surface area contributed by atoms with Gasteiger partial charge in [0.15, 0.2) is 12.4 Å². The maximum absolute atomic E-state index is 12.3. The van der Waals surface area contributed by atoms with Gasteiger partial charge >= 0.3 is 5.97 Å². The first kappa shape index (κ1) is 16.5. The minimum atomic E-state index is -0.999. The van der Waals surface area contributed by atoms with Crippen LogP contribution in [0.4, 0.5) is 0 Å². The molecular weight excluding hydrogens is 292 g/mol. The number of ether oxygens (including phenoxy) is 3. The van der Waals surface area contributed by atoms with Crippen molar-refractivity contribution in [1.29, 1.82) is 0 Å². The Hall–Kier alpha value is -1.83. The molecule has 0 aromatic heterocycles. The molecule has 1 saturated heterocycles. The highest BCUT2D eigenvalue weighted by atomic mass is 16.7. The van der Waals surface area contributed by atoms with Gasteiger partial charge in [-0.2, -0.15) is 0 Å². The van der Waals surface area contributed by atoms with Gasteiger partial charge in [0.25, 0.3) is 0 Å². The average molecular weight is 312 g/mol. The number of benzene rings is 1. The summed E-state index contributed by atoms with van der Waals surface area (Å²) < 4.78 is 15.8. The van der Waals surface area contributed by atoms with Crippen LogP contribution >= 0.6 is 0 Å². The molecule has 1 fully saturated rings. The minimum Gasteiger partial charge on any atom is -0.508 e. The number of aryl methyl sites for hydroxylation is 1. The van der Waals surface area contributed by atoms with Crippen LogP contribution in [-0.4, -0.2) is 53.0 Å². The van der Waals surface area contributed by atoms with Gasteiger partial charge in [-0.25, -0.2) is 4.79 Å². The molecule has 0 amide bonds. The number of phenols is 2. The monoisotopic (exact) mass is 312 g/mol. The Morgan fingerprint density at radius 1 is 1.36 bits per heavy atom. The predicted molar refractivity (Wildman–Crippen MR) is 75.7 cm³/mol. The standard InChI is InChI=1S/C15H20O7/c1-7-4-9(16)6-10(17)12(7)14(19)22-13-11(18)5-8(2)21-15(13)20-3/h4,6,8,11,13,15-18H,5H2,1-3H3/t8-,11+,13-,15+/m1/s1. The lowest BCUT2D eigenvalue weighted by Gasteiger charge is -2.37. The van der Waals surface area contributed by atoms with Crippen LogP contribution in [0.3, 0.4) is 0 Å². The molecule has 22 heavy (non-hydrogen) atoms. The number of methoxy groups -OCH3 is 1. The van der Waals surface area contributed by atoms with Crippen LogP contribution < -0.4 is 0 Å². The van der Waals surface area contributed by atoms with E-state index in [0.29, 0.717) is 12.0 Å². The van der Waals surface area contributed by atoms with Crippen molar-refractivity contribution in [3.8, 4) is 11.5 Å². The van der Waals surface area contributed by atoms with Crippen LogP contribution in [0.5, 0.6) is 11.5 Å². The molecule has 1 aromatic rings. The molecule has 4 atom stereocenters. The Balaban J connectivity index is 2.21. The van der Waals surface area contributed by atoms with Gasteiger partial charge < -0.3 is 29.5 Å². The molecule has 1 aromatic carbocycles. The fraction of sp³-hybridized carbons (Fsp3) is 0.533. The zero-order chi connectivity index (χ0) is 16.4. The molecule has 0 aliphatic carbocycles. The van der Waals surface area contributed by atoms with E-state index in [0.717, 1.165) is 6.07 Å². The third-order valence-electron chi connectivity index (χ3n) is 3.57. The van der Waals surface area contributed by atoms with Crippen molar-refractivity contribution < 1.29 is 34.3 Å². The van der Waals surface area contributed by atoms with Gasteiger partial charge in [-0.3, -0.25) is 0 Å². The maximum atomic E-state index is 12.3. The van der Waals surface area contributed by atoms with Gasteiger partial charge in [0.1, 0.15) is 17.1 Å². The summed E-state index contributed by atoms with van der Waals surface area (Å²) >= 11 is 0. The Labute approximate surface area is 128 Å². The largest absolute Gasteiger partial charge is 0.508 e. The Morgan fingerprint density at radius 2 is 2.05 bits per heavy atom. The zero-order valence-corrected chi connectivity index (χ0v) is 12.6. The number of aliphatic hydroxyl groups excluding tert-OH is 1. The number of esters is 1. The first-order valence-electron chi connectivity index (χ1n) is 6.93. The first-order valence-corrected chi connectivity index (χ1v) is 6.93. The highest BCUT2D eigenvalue weighted by Gasteiger charge is 2.40. The number of hydrogen-bond acceptors (Lipinski definition) is 7. The second-order valence-electron chi connectivity index (χ2n) is 5.38. The van der Waals surface area contributed by atoms with Gasteiger partial charge in [0.05, 0.1) is 12.2 Å². The van der Waals surface area contributed by atoms with Gasteiger partial charge in [-0.15, -0.1) is 0 Å². The quantitative estimate of drug-likeness (QED) is 0.717. The van der Waals surface area contributed by atoms with E-state index in [1.807, 2.05) is 0 Å². The third kappa shape index (κ3) is 3.32. The molecule has 0 spiro atoms. The second kappa shape index (κ2) is 6.51. The van der Waals surface area contributed by atoms with Crippen molar-refractivity contribution in [3.05, 3.63) is 23.3 Å². The Kier molecular flexibility index (Phi) is 4.90. The summed E-state index contributed by atoms with van der Waals surface area (Å²) in [4.78, 5) is 12.3. The normalized spacial score (nSPS) is 28.4. The molecule has 7 heteroatoms. The van der Waals surface area contributed by atoms with Crippen LogP contribution in [0.25, 0.3) is 0 Å². The van der Waals surface area contributed by atoms with Gasteiger partial charge in [-0.1, -0.05) is 0 Å².